The van der Waals surface area contributed by atoms with E-state index in [0.29, 0.717) is 6.04 Å². The van der Waals surface area contributed by atoms with Crippen molar-refractivity contribution in [1.82, 2.24) is 10.3 Å². The minimum atomic E-state index is 0.417. The number of thiazole rings is 1. The third kappa shape index (κ3) is 2.49. The van der Waals surface area contributed by atoms with Crippen molar-refractivity contribution in [1.29, 1.82) is 0 Å². The largest absolute Gasteiger partial charge is 0.309 e. The molecule has 3 heterocycles. The average Bonchev–Trinajstić information content (AvgIpc) is 3.04. The Morgan fingerprint density at radius 3 is 3.00 bits per heavy atom. The number of aromatic nitrogens is 1. The molecular weight excluding hydrogens is 280 g/mol. The second-order valence-corrected chi connectivity index (χ2v) is 7.11. The molecule has 0 aliphatic rings. The number of fused-ring (bicyclic) bond motifs is 1. The Hall–Kier alpha value is -0.750. The average molecular weight is 294 g/mol. The third-order valence-electron chi connectivity index (χ3n) is 2.84. The minimum absolute atomic E-state index is 0.417. The lowest BCUT2D eigenvalue weighted by Gasteiger charge is -2.14. The van der Waals surface area contributed by atoms with Crippen molar-refractivity contribution >= 4 is 43.4 Å². The lowest BCUT2D eigenvalue weighted by atomic mass is 10.1. The SMILES string of the molecule is CCNC(Cc1cncs1)c1cc2sccc2s1. The summed E-state index contributed by atoms with van der Waals surface area (Å²) in [5.41, 5.74) is 1.91. The normalized spacial score (nSPS) is 13.2. The molecule has 3 aromatic rings. The van der Waals surface area contributed by atoms with E-state index < -0.39 is 0 Å². The summed E-state index contributed by atoms with van der Waals surface area (Å²) in [6, 6.07) is 4.96. The van der Waals surface area contributed by atoms with Crippen molar-refractivity contribution in [3.8, 4) is 0 Å². The monoisotopic (exact) mass is 294 g/mol. The first-order valence-corrected chi connectivity index (χ1v) is 8.52. The Labute approximate surface area is 118 Å². The van der Waals surface area contributed by atoms with Crippen LogP contribution in [0.25, 0.3) is 9.40 Å². The highest BCUT2D eigenvalue weighted by molar-refractivity contribution is 7.27. The van der Waals surface area contributed by atoms with Crippen LogP contribution in [0.5, 0.6) is 0 Å². The lowest BCUT2D eigenvalue weighted by molar-refractivity contribution is 0.562. The number of hydrogen-bond donors (Lipinski definition) is 1. The fourth-order valence-corrected chi connectivity index (χ4v) is 4.86. The van der Waals surface area contributed by atoms with Crippen LogP contribution in [0.3, 0.4) is 0 Å². The highest BCUT2D eigenvalue weighted by Crippen LogP contribution is 2.34. The predicted octanol–water partition coefficient (Wildman–Crippen LogP) is 4.31. The molecule has 0 radical (unpaired) electrons. The molecule has 0 aliphatic carbocycles. The van der Waals surface area contributed by atoms with Gasteiger partial charge in [-0.15, -0.1) is 34.0 Å². The van der Waals surface area contributed by atoms with Gasteiger partial charge in [0, 0.05) is 37.8 Å². The molecule has 0 saturated carbocycles. The van der Waals surface area contributed by atoms with E-state index in [1.165, 1.54) is 19.2 Å². The van der Waals surface area contributed by atoms with E-state index >= 15 is 0 Å². The van der Waals surface area contributed by atoms with E-state index in [4.69, 9.17) is 0 Å². The molecule has 1 atom stereocenters. The van der Waals surface area contributed by atoms with Gasteiger partial charge in [-0.25, -0.2) is 0 Å². The number of nitrogens with zero attached hydrogens (tertiary/aromatic N) is 1. The number of rotatable bonds is 5. The Balaban J connectivity index is 1.86. The van der Waals surface area contributed by atoms with Crippen LogP contribution in [-0.4, -0.2) is 11.5 Å². The molecule has 0 aromatic carbocycles. The second-order valence-electron chi connectivity index (χ2n) is 4.08. The Bertz CT molecular complexity index is 581. The Morgan fingerprint density at radius 2 is 2.28 bits per heavy atom. The molecule has 0 bridgehead atoms. The fourth-order valence-electron chi connectivity index (χ4n) is 2.02. The van der Waals surface area contributed by atoms with E-state index in [2.05, 4.69) is 34.7 Å². The molecule has 0 aliphatic heterocycles. The van der Waals surface area contributed by atoms with Gasteiger partial charge in [-0.1, -0.05) is 6.92 Å². The molecule has 0 saturated heterocycles. The van der Waals surface area contributed by atoms with Crippen molar-refractivity contribution < 1.29 is 0 Å². The van der Waals surface area contributed by atoms with Crippen LogP contribution in [0.4, 0.5) is 0 Å². The summed E-state index contributed by atoms with van der Waals surface area (Å²) in [7, 11) is 0. The Morgan fingerprint density at radius 1 is 1.33 bits per heavy atom. The van der Waals surface area contributed by atoms with E-state index in [0.717, 1.165) is 13.0 Å². The van der Waals surface area contributed by atoms with Crippen molar-refractivity contribution in [2.75, 3.05) is 6.54 Å². The molecule has 94 valence electrons. The zero-order valence-corrected chi connectivity index (χ0v) is 12.5. The van der Waals surface area contributed by atoms with Crippen molar-refractivity contribution in [2.24, 2.45) is 0 Å². The second kappa shape index (κ2) is 5.48. The van der Waals surface area contributed by atoms with E-state index in [1.54, 1.807) is 11.3 Å². The molecule has 0 amide bonds. The fraction of sp³-hybridized carbons (Fsp3) is 0.308. The summed E-state index contributed by atoms with van der Waals surface area (Å²) < 4.78 is 2.81. The number of likely N-dealkylation sites (N-methyl/N-ethyl adjacent to an activating group) is 1. The molecule has 3 aromatic heterocycles. The van der Waals surface area contributed by atoms with Crippen LogP contribution >= 0.6 is 34.0 Å². The molecule has 1 N–H and O–H groups in total. The maximum absolute atomic E-state index is 4.16. The number of hydrogen-bond acceptors (Lipinski definition) is 5. The van der Waals surface area contributed by atoms with Crippen molar-refractivity contribution in [3.63, 3.8) is 0 Å². The summed E-state index contributed by atoms with van der Waals surface area (Å²) in [5, 5.41) is 5.74. The number of thiophene rings is 2. The first-order valence-electron chi connectivity index (χ1n) is 5.94. The molecule has 18 heavy (non-hydrogen) atoms. The quantitative estimate of drug-likeness (QED) is 0.758. The smallest absolute Gasteiger partial charge is 0.0794 e. The molecule has 0 spiro atoms. The van der Waals surface area contributed by atoms with Gasteiger partial charge in [-0.05, 0) is 24.1 Å². The van der Waals surface area contributed by atoms with E-state index in [1.807, 2.05) is 34.4 Å². The van der Waals surface area contributed by atoms with Gasteiger partial charge in [0.05, 0.1) is 5.51 Å². The molecular formula is C13H14N2S3. The van der Waals surface area contributed by atoms with Crippen LogP contribution in [0, 0.1) is 0 Å². The summed E-state index contributed by atoms with van der Waals surface area (Å²) in [5.74, 6) is 0. The molecule has 3 rings (SSSR count). The summed E-state index contributed by atoms with van der Waals surface area (Å²) in [4.78, 5) is 6.94. The van der Waals surface area contributed by atoms with Crippen LogP contribution in [0.15, 0.2) is 29.2 Å². The summed E-state index contributed by atoms with van der Waals surface area (Å²) in [6.07, 6.45) is 3.01. The minimum Gasteiger partial charge on any atom is -0.309 e. The predicted molar refractivity (Wildman–Crippen MR) is 81.9 cm³/mol. The van der Waals surface area contributed by atoms with Gasteiger partial charge in [-0.3, -0.25) is 4.98 Å². The van der Waals surface area contributed by atoms with Gasteiger partial charge < -0.3 is 5.32 Å². The van der Waals surface area contributed by atoms with Crippen molar-refractivity contribution in [3.05, 3.63) is 39.0 Å². The Kier molecular flexibility index (Phi) is 3.75. The zero-order valence-electron chi connectivity index (χ0n) is 10.1. The molecule has 2 nitrogen and oxygen atoms in total. The zero-order chi connectivity index (χ0) is 12.4. The van der Waals surface area contributed by atoms with Crippen LogP contribution in [0.2, 0.25) is 0 Å². The van der Waals surface area contributed by atoms with Crippen LogP contribution in [-0.2, 0) is 6.42 Å². The standard InChI is InChI=1S/C13H14N2S3/c1-2-15-10(5-9-7-14-8-17-9)12-6-13-11(18-12)3-4-16-13/h3-4,6-8,10,15H,2,5H2,1H3. The van der Waals surface area contributed by atoms with Crippen LogP contribution in [0.1, 0.15) is 22.7 Å². The highest BCUT2D eigenvalue weighted by atomic mass is 32.1. The first-order chi connectivity index (χ1) is 8.86. The first kappa shape index (κ1) is 12.3. The van der Waals surface area contributed by atoms with Gasteiger partial charge in [0.25, 0.3) is 0 Å². The maximum Gasteiger partial charge on any atom is 0.0794 e. The summed E-state index contributed by atoms with van der Waals surface area (Å²) in [6.45, 7) is 3.16. The lowest BCUT2D eigenvalue weighted by Crippen LogP contribution is -2.21. The van der Waals surface area contributed by atoms with E-state index in [-0.39, 0.29) is 0 Å². The van der Waals surface area contributed by atoms with Gasteiger partial charge in [0.15, 0.2) is 0 Å². The van der Waals surface area contributed by atoms with Crippen molar-refractivity contribution in [2.45, 2.75) is 19.4 Å². The van der Waals surface area contributed by atoms with Gasteiger partial charge in [0.1, 0.15) is 0 Å². The summed E-state index contributed by atoms with van der Waals surface area (Å²) >= 11 is 5.47. The van der Waals surface area contributed by atoms with Gasteiger partial charge in [-0.2, -0.15) is 0 Å². The maximum atomic E-state index is 4.16. The topological polar surface area (TPSA) is 24.9 Å². The van der Waals surface area contributed by atoms with Gasteiger partial charge >= 0.3 is 0 Å². The van der Waals surface area contributed by atoms with Crippen LogP contribution < -0.4 is 5.32 Å². The molecule has 0 fully saturated rings. The highest BCUT2D eigenvalue weighted by Gasteiger charge is 2.15. The number of nitrogens with one attached hydrogen (secondary N) is 1. The molecule has 5 heteroatoms. The third-order valence-corrected chi connectivity index (χ3v) is 5.85. The van der Waals surface area contributed by atoms with Gasteiger partial charge in [0.2, 0.25) is 0 Å². The van der Waals surface area contributed by atoms with E-state index in [9.17, 15) is 0 Å². The molecule has 1 unspecified atom stereocenters.